The Labute approximate surface area is 155 Å². The van der Waals surface area contributed by atoms with Crippen molar-refractivity contribution in [3.8, 4) is 0 Å². The van der Waals surface area contributed by atoms with Gasteiger partial charge in [0.15, 0.2) is 0 Å². The summed E-state index contributed by atoms with van der Waals surface area (Å²) in [7, 11) is 1.74. The third-order valence-corrected chi connectivity index (χ3v) is 4.99. The molecule has 0 radical (unpaired) electrons. The molecule has 0 fully saturated rings. The first-order valence-corrected chi connectivity index (χ1v) is 9.11. The molecule has 0 aliphatic carbocycles. The number of hydrogen-bond acceptors (Lipinski definition) is 7. The zero-order chi connectivity index (χ0) is 18.7. The van der Waals surface area contributed by atoms with Gasteiger partial charge >= 0.3 is 0 Å². The van der Waals surface area contributed by atoms with Crippen LogP contribution in [0.25, 0.3) is 0 Å². The molecule has 0 atom stereocenters. The number of amides is 1. The van der Waals surface area contributed by atoms with Gasteiger partial charge in [0.25, 0.3) is 5.91 Å². The molecule has 3 rings (SSSR count). The van der Waals surface area contributed by atoms with E-state index >= 15 is 0 Å². The highest BCUT2D eigenvalue weighted by atomic mass is 32.2. The minimum atomic E-state index is -0.111. The van der Waals surface area contributed by atoms with E-state index in [0.717, 1.165) is 22.8 Å². The molecule has 7 nitrogen and oxygen atoms in total. The summed E-state index contributed by atoms with van der Waals surface area (Å²) >= 11 is 1.50. The van der Waals surface area contributed by atoms with Crippen LogP contribution in [0.4, 0.5) is 0 Å². The van der Waals surface area contributed by atoms with Crippen molar-refractivity contribution < 1.29 is 13.8 Å². The smallest absolute Gasteiger partial charge is 0.256 e. The van der Waals surface area contributed by atoms with E-state index in [1.807, 2.05) is 26.8 Å². The first kappa shape index (κ1) is 18.2. The molecule has 0 saturated heterocycles. The van der Waals surface area contributed by atoms with E-state index in [4.69, 9.17) is 9.05 Å². The Balaban J connectivity index is 1.74. The van der Waals surface area contributed by atoms with Crippen LogP contribution in [0.5, 0.6) is 0 Å². The van der Waals surface area contributed by atoms with Crippen molar-refractivity contribution in [2.45, 2.75) is 38.1 Å². The summed E-state index contributed by atoms with van der Waals surface area (Å²) in [5.41, 5.74) is 3.17. The number of aryl methyl sites for hydroxylation is 3. The van der Waals surface area contributed by atoms with Crippen molar-refractivity contribution in [3.05, 3.63) is 58.4 Å². The van der Waals surface area contributed by atoms with Crippen LogP contribution in [0.2, 0.25) is 0 Å². The number of carbonyl (C=O) groups is 1. The number of hydrogen-bond donors (Lipinski definition) is 0. The summed E-state index contributed by atoms with van der Waals surface area (Å²) in [5.74, 6) is 2.04. The molecule has 0 unspecified atom stereocenters. The molecular weight excluding hydrogens is 352 g/mol. The fraction of sp³-hybridized carbons (Fsp3) is 0.333. The molecule has 3 aromatic heterocycles. The normalized spacial score (nSPS) is 10.9. The zero-order valence-corrected chi connectivity index (χ0v) is 16.0. The minimum absolute atomic E-state index is 0.111. The lowest BCUT2D eigenvalue weighted by molar-refractivity contribution is 0.0778. The van der Waals surface area contributed by atoms with Gasteiger partial charge in [-0.15, -0.1) is 11.8 Å². The molecule has 0 N–H and O–H groups in total. The Morgan fingerprint density at radius 1 is 1.23 bits per heavy atom. The van der Waals surface area contributed by atoms with Gasteiger partial charge in [0.1, 0.15) is 22.2 Å². The van der Waals surface area contributed by atoms with Gasteiger partial charge in [-0.25, -0.2) is 4.98 Å². The van der Waals surface area contributed by atoms with Crippen LogP contribution in [-0.2, 0) is 12.3 Å². The summed E-state index contributed by atoms with van der Waals surface area (Å²) in [6.45, 7) is 5.99. The summed E-state index contributed by atoms with van der Waals surface area (Å²) in [6, 6.07) is 5.37. The van der Waals surface area contributed by atoms with Crippen LogP contribution in [0.3, 0.4) is 0 Å². The molecule has 0 bridgehead atoms. The summed E-state index contributed by atoms with van der Waals surface area (Å²) in [5, 5.41) is 8.58. The van der Waals surface area contributed by atoms with Gasteiger partial charge in [-0.2, -0.15) is 0 Å². The second-order valence-corrected chi connectivity index (χ2v) is 7.00. The van der Waals surface area contributed by atoms with Gasteiger partial charge in [-0.1, -0.05) is 10.3 Å². The predicted molar refractivity (Wildman–Crippen MR) is 96.8 cm³/mol. The third-order valence-electron chi connectivity index (χ3n) is 3.96. The van der Waals surface area contributed by atoms with Crippen molar-refractivity contribution in [2.75, 3.05) is 7.05 Å². The SMILES string of the molecule is Cc1cc(CN(C)C(=O)c2cccnc2SCc2c(C)noc2C)no1. The number of carbonyl (C=O) groups excluding carboxylic acids is 1. The Bertz CT molecular complexity index is 899. The number of thioether (sulfide) groups is 1. The maximum atomic E-state index is 12.9. The van der Waals surface area contributed by atoms with E-state index in [1.165, 1.54) is 11.8 Å². The van der Waals surface area contributed by atoms with E-state index in [1.54, 1.807) is 30.3 Å². The summed E-state index contributed by atoms with van der Waals surface area (Å²) in [4.78, 5) is 18.8. The van der Waals surface area contributed by atoms with Crippen LogP contribution < -0.4 is 0 Å². The Hall–Kier alpha value is -2.61. The van der Waals surface area contributed by atoms with Gasteiger partial charge in [-0.05, 0) is 32.9 Å². The van der Waals surface area contributed by atoms with Crippen molar-refractivity contribution in [1.29, 1.82) is 0 Å². The molecule has 3 aromatic rings. The average Bonchev–Trinajstić information content (AvgIpc) is 3.18. The van der Waals surface area contributed by atoms with Gasteiger partial charge < -0.3 is 13.9 Å². The largest absolute Gasteiger partial charge is 0.361 e. The van der Waals surface area contributed by atoms with E-state index < -0.39 is 0 Å². The molecule has 0 saturated carbocycles. The van der Waals surface area contributed by atoms with Crippen LogP contribution in [0.1, 0.15) is 38.8 Å². The highest BCUT2D eigenvalue weighted by Crippen LogP contribution is 2.27. The molecule has 3 heterocycles. The predicted octanol–water partition coefficient (Wildman–Crippen LogP) is 3.55. The molecule has 8 heteroatoms. The van der Waals surface area contributed by atoms with Crippen molar-refractivity contribution in [1.82, 2.24) is 20.2 Å². The fourth-order valence-corrected chi connectivity index (χ4v) is 3.67. The minimum Gasteiger partial charge on any atom is -0.361 e. The number of rotatable bonds is 6. The quantitative estimate of drug-likeness (QED) is 0.612. The topological polar surface area (TPSA) is 85.3 Å². The summed E-state index contributed by atoms with van der Waals surface area (Å²) in [6.07, 6.45) is 1.69. The Kier molecular flexibility index (Phi) is 5.41. The van der Waals surface area contributed by atoms with E-state index in [2.05, 4.69) is 15.3 Å². The van der Waals surface area contributed by atoms with Crippen LogP contribution in [0.15, 0.2) is 38.5 Å². The monoisotopic (exact) mass is 372 g/mol. The lowest BCUT2D eigenvalue weighted by Gasteiger charge is -2.17. The van der Waals surface area contributed by atoms with Gasteiger partial charge in [0.05, 0.1) is 17.8 Å². The first-order valence-electron chi connectivity index (χ1n) is 8.13. The van der Waals surface area contributed by atoms with Crippen molar-refractivity contribution >= 4 is 17.7 Å². The van der Waals surface area contributed by atoms with Gasteiger partial charge in [-0.3, -0.25) is 4.79 Å². The van der Waals surface area contributed by atoms with Crippen LogP contribution >= 0.6 is 11.8 Å². The lowest BCUT2D eigenvalue weighted by atomic mass is 10.2. The molecule has 1 amide bonds. The number of nitrogens with zero attached hydrogens (tertiary/aromatic N) is 4. The molecule has 0 spiro atoms. The molecule has 136 valence electrons. The number of pyridine rings is 1. The average molecular weight is 372 g/mol. The van der Waals surface area contributed by atoms with Crippen LogP contribution in [-0.4, -0.2) is 33.2 Å². The molecule has 0 aromatic carbocycles. The van der Waals surface area contributed by atoms with E-state index in [-0.39, 0.29) is 5.91 Å². The Morgan fingerprint density at radius 2 is 2.04 bits per heavy atom. The molecule has 0 aliphatic heterocycles. The third kappa shape index (κ3) is 3.96. The standard InChI is InChI=1S/C18H20N4O3S/c1-11-8-14(21-24-11)9-22(4)18(23)15-6-5-7-19-17(15)26-10-16-12(2)20-25-13(16)3/h5-8H,9-10H2,1-4H3. The van der Waals surface area contributed by atoms with E-state index in [0.29, 0.717) is 28.6 Å². The molecule has 0 aliphatic rings. The number of aromatic nitrogens is 3. The van der Waals surface area contributed by atoms with E-state index in [9.17, 15) is 4.79 Å². The Morgan fingerprint density at radius 3 is 2.69 bits per heavy atom. The highest BCUT2D eigenvalue weighted by Gasteiger charge is 2.19. The fourth-order valence-electron chi connectivity index (χ4n) is 2.53. The molecular formula is C18H20N4O3S. The van der Waals surface area contributed by atoms with Gasteiger partial charge in [0.2, 0.25) is 0 Å². The van der Waals surface area contributed by atoms with Crippen LogP contribution in [0, 0.1) is 20.8 Å². The van der Waals surface area contributed by atoms with Crippen molar-refractivity contribution in [3.63, 3.8) is 0 Å². The zero-order valence-electron chi connectivity index (χ0n) is 15.1. The molecule has 26 heavy (non-hydrogen) atoms. The summed E-state index contributed by atoms with van der Waals surface area (Å²) < 4.78 is 10.3. The maximum Gasteiger partial charge on any atom is 0.256 e. The lowest BCUT2D eigenvalue weighted by Crippen LogP contribution is -2.27. The second-order valence-electron chi connectivity index (χ2n) is 6.04. The van der Waals surface area contributed by atoms with Gasteiger partial charge in [0, 0.05) is 30.6 Å². The maximum absolute atomic E-state index is 12.9. The first-order chi connectivity index (χ1) is 12.5. The highest BCUT2D eigenvalue weighted by molar-refractivity contribution is 7.98. The van der Waals surface area contributed by atoms with Crippen molar-refractivity contribution in [2.24, 2.45) is 0 Å². The second kappa shape index (κ2) is 7.74.